The van der Waals surface area contributed by atoms with Gasteiger partial charge in [-0.15, -0.1) is 0 Å². The standard InChI is InChI=1S/C23H19N3O4S/c1-16-11-13-19(14-12-16)31(28,29)30-22-10-6-3-7-18(22)15-24-26-17(2)25-21-9-5-4-8-20(21)23(26)27/h3-15H,1-2H3. The lowest BCUT2D eigenvalue weighted by Gasteiger charge is -2.10. The van der Waals surface area contributed by atoms with Crippen LogP contribution in [0.25, 0.3) is 10.9 Å². The highest BCUT2D eigenvalue weighted by Crippen LogP contribution is 2.22. The number of para-hydroxylation sites is 2. The van der Waals surface area contributed by atoms with Crippen LogP contribution in [0.3, 0.4) is 0 Å². The van der Waals surface area contributed by atoms with Crippen molar-refractivity contribution in [1.82, 2.24) is 9.66 Å². The Kier molecular flexibility index (Phi) is 5.39. The molecule has 0 saturated heterocycles. The number of aromatic nitrogens is 2. The summed E-state index contributed by atoms with van der Waals surface area (Å²) >= 11 is 0. The second-order valence-corrected chi connectivity index (χ2v) is 8.47. The zero-order valence-corrected chi connectivity index (χ0v) is 17.7. The third-order valence-electron chi connectivity index (χ3n) is 4.66. The summed E-state index contributed by atoms with van der Waals surface area (Å²) in [5, 5.41) is 4.68. The Morgan fingerprint density at radius 3 is 2.39 bits per heavy atom. The normalized spacial score (nSPS) is 11.8. The number of aryl methyl sites for hydroxylation is 2. The maximum atomic E-state index is 12.8. The van der Waals surface area contributed by atoms with Crippen molar-refractivity contribution in [3.05, 3.63) is 100 Å². The zero-order chi connectivity index (χ0) is 22.0. The van der Waals surface area contributed by atoms with Gasteiger partial charge in [-0.2, -0.15) is 18.2 Å². The lowest BCUT2D eigenvalue weighted by atomic mass is 10.2. The van der Waals surface area contributed by atoms with Crippen molar-refractivity contribution in [3.8, 4) is 5.75 Å². The molecule has 0 amide bonds. The lowest BCUT2D eigenvalue weighted by Crippen LogP contribution is -2.20. The van der Waals surface area contributed by atoms with Crippen molar-refractivity contribution in [1.29, 1.82) is 0 Å². The van der Waals surface area contributed by atoms with Crippen LogP contribution in [0.1, 0.15) is 17.0 Å². The molecule has 4 rings (SSSR count). The van der Waals surface area contributed by atoms with Crippen LogP contribution in [-0.2, 0) is 10.1 Å². The van der Waals surface area contributed by atoms with Gasteiger partial charge >= 0.3 is 10.1 Å². The van der Waals surface area contributed by atoms with Crippen LogP contribution >= 0.6 is 0 Å². The van der Waals surface area contributed by atoms with E-state index in [1.54, 1.807) is 55.5 Å². The Morgan fingerprint density at radius 1 is 0.935 bits per heavy atom. The Balaban J connectivity index is 1.70. The highest BCUT2D eigenvalue weighted by molar-refractivity contribution is 7.87. The van der Waals surface area contributed by atoms with Crippen molar-refractivity contribution in [3.63, 3.8) is 0 Å². The topological polar surface area (TPSA) is 90.6 Å². The van der Waals surface area contributed by atoms with Crippen LogP contribution in [0, 0.1) is 13.8 Å². The fourth-order valence-electron chi connectivity index (χ4n) is 3.02. The molecular formula is C23H19N3O4S. The molecule has 4 aromatic rings. The maximum absolute atomic E-state index is 12.8. The van der Waals surface area contributed by atoms with Crippen LogP contribution in [0.2, 0.25) is 0 Å². The van der Waals surface area contributed by atoms with E-state index in [4.69, 9.17) is 4.18 Å². The molecule has 0 bridgehead atoms. The van der Waals surface area contributed by atoms with Gasteiger partial charge in [-0.25, -0.2) is 4.98 Å². The van der Waals surface area contributed by atoms with Gasteiger partial charge in [0.05, 0.1) is 17.1 Å². The fourth-order valence-corrected chi connectivity index (χ4v) is 3.98. The predicted octanol–water partition coefficient (Wildman–Crippen LogP) is 3.66. The zero-order valence-electron chi connectivity index (χ0n) is 16.9. The van der Waals surface area contributed by atoms with Gasteiger partial charge in [-0.1, -0.05) is 42.0 Å². The molecule has 1 aromatic heterocycles. The smallest absolute Gasteiger partial charge is 0.339 e. The number of hydrogen-bond donors (Lipinski definition) is 0. The van der Waals surface area contributed by atoms with E-state index in [0.717, 1.165) is 5.56 Å². The molecule has 0 radical (unpaired) electrons. The molecule has 0 aliphatic heterocycles. The molecule has 0 unspecified atom stereocenters. The number of rotatable bonds is 5. The fraction of sp³-hybridized carbons (Fsp3) is 0.0870. The molecule has 7 nitrogen and oxygen atoms in total. The second kappa shape index (κ2) is 8.16. The van der Waals surface area contributed by atoms with Gasteiger partial charge in [0, 0.05) is 5.56 Å². The van der Waals surface area contributed by atoms with E-state index in [1.807, 2.05) is 13.0 Å². The average molecular weight is 433 g/mol. The molecule has 0 saturated carbocycles. The summed E-state index contributed by atoms with van der Waals surface area (Å²) in [6.45, 7) is 3.55. The van der Waals surface area contributed by atoms with Crippen LogP contribution in [0.4, 0.5) is 0 Å². The van der Waals surface area contributed by atoms with E-state index in [9.17, 15) is 13.2 Å². The molecule has 8 heteroatoms. The second-order valence-electron chi connectivity index (χ2n) is 6.93. The number of fused-ring (bicyclic) bond motifs is 1. The quantitative estimate of drug-likeness (QED) is 0.354. The van der Waals surface area contributed by atoms with Crippen molar-refractivity contribution >= 4 is 27.2 Å². The van der Waals surface area contributed by atoms with E-state index in [0.29, 0.717) is 22.3 Å². The Morgan fingerprint density at radius 2 is 1.61 bits per heavy atom. The Bertz CT molecular complexity index is 1460. The van der Waals surface area contributed by atoms with Gasteiger partial charge in [0.2, 0.25) is 0 Å². The summed E-state index contributed by atoms with van der Waals surface area (Å²) in [6.07, 6.45) is 1.38. The first kappa shape index (κ1) is 20.5. The summed E-state index contributed by atoms with van der Waals surface area (Å²) in [5.41, 5.74) is 1.61. The minimum absolute atomic E-state index is 0.0515. The molecule has 156 valence electrons. The van der Waals surface area contributed by atoms with Crippen LogP contribution in [-0.4, -0.2) is 24.3 Å². The molecule has 0 aliphatic rings. The minimum Gasteiger partial charge on any atom is -0.378 e. The van der Waals surface area contributed by atoms with Crippen molar-refractivity contribution in [2.75, 3.05) is 0 Å². The average Bonchev–Trinajstić information content (AvgIpc) is 2.75. The third-order valence-corrected chi connectivity index (χ3v) is 5.90. The molecule has 1 heterocycles. The highest BCUT2D eigenvalue weighted by atomic mass is 32.2. The summed E-state index contributed by atoms with van der Waals surface area (Å²) in [7, 11) is -4.02. The van der Waals surface area contributed by atoms with Gasteiger partial charge < -0.3 is 4.18 Å². The van der Waals surface area contributed by atoms with Crippen molar-refractivity contribution < 1.29 is 12.6 Å². The van der Waals surface area contributed by atoms with E-state index in [-0.39, 0.29) is 16.2 Å². The molecule has 0 spiro atoms. The molecule has 0 N–H and O–H groups in total. The molecule has 0 atom stereocenters. The summed E-state index contributed by atoms with van der Waals surface area (Å²) < 4.78 is 31.9. The molecule has 0 aliphatic carbocycles. The minimum atomic E-state index is -4.02. The Hall–Kier alpha value is -3.78. The highest BCUT2D eigenvalue weighted by Gasteiger charge is 2.18. The van der Waals surface area contributed by atoms with Gasteiger partial charge in [0.25, 0.3) is 5.56 Å². The third kappa shape index (κ3) is 4.24. The number of benzene rings is 3. The SMILES string of the molecule is Cc1ccc(S(=O)(=O)Oc2ccccc2C=Nn2c(C)nc3ccccc3c2=O)cc1. The number of nitrogens with zero attached hydrogens (tertiary/aromatic N) is 3. The number of hydrogen-bond acceptors (Lipinski definition) is 6. The van der Waals surface area contributed by atoms with E-state index < -0.39 is 10.1 Å². The van der Waals surface area contributed by atoms with Gasteiger partial charge in [-0.05, 0) is 50.2 Å². The summed E-state index contributed by atoms with van der Waals surface area (Å²) in [5.74, 6) is 0.511. The van der Waals surface area contributed by atoms with Crippen LogP contribution in [0.15, 0.2) is 87.6 Å². The van der Waals surface area contributed by atoms with Gasteiger partial charge in [-0.3, -0.25) is 4.79 Å². The lowest BCUT2D eigenvalue weighted by molar-refractivity contribution is 0.485. The summed E-state index contributed by atoms with van der Waals surface area (Å²) in [4.78, 5) is 17.2. The first-order valence-electron chi connectivity index (χ1n) is 9.48. The summed E-state index contributed by atoms with van der Waals surface area (Å²) in [6, 6.07) is 20.0. The van der Waals surface area contributed by atoms with E-state index in [2.05, 4.69) is 10.1 Å². The molecule has 31 heavy (non-hydrogen) atoms. The monoisotopic (exact) mass is 433 g/mol. The van der Waals surface area contributed by atoms with Crippen molar-refractivity contribution in [2.24, 2.45) is 5.10 Å². The van der Waals surface area contributed by atoms with Crippen molar-refractivity contribution in [2.45, 2.75) is 18.7 Å². The molecular weight excluding hydrogens is 414 g/mol. The first-order chi connectivity index (χ1) is 14.8. The predicted molar refractivity (Wildman–Crippen MR) is 119 cm³/mol. The van der Waals surface area contributed by atoms with E-state index in [1.165, 1.54) is 29.1 Å². The van der Waals surface area contributed by atoms with Crippen LogP contribution < -0.4 is 9.74 Å². The first-order valence-corrected chi connectivity index (χ1v) is 10.9. The maximum Gasteiger partial charge on any atom is 0.339 e. The molecule has 3 aromatic carbocycles. The van der Waals surface area contributed by atoms with Crippen LogP contribution in [0.5, 0.6) is 5.75 Å². The molecule has 0 fully saturated rings. The Labute approximate surface area is 179 Å². The van der Waals surface area contributed by atoms with E-state index >= 15 is 0 Å². The van der Waals surface area contributed by atoms with Gasteiger partial charge in [0.1, 0.15) is 10.7 Å². The van der Waals surface area contributed by atoms with Gasteiger partial charge in [0.15, 0.2) is 5.75 Å². The largest absolute Gasteiger partial charge is 0.378 e.